The largest absolute Gasteiger partial charge is 0.354 e. The predicted molar refractivity (Wildman–Crippen MR) is 111 cm³/mol. The van der Waals surface area contributed by atoms with Crippen molar-refractivity contribution in [2.75, 3.05) is 44.2 Å². The van der Waals surface area contributed by atoms with Crippen LogP contribution in [0.2, 0.25) is 0 Å². The Morgan fingerprint density at radius 3 is 2.52 bits per heavy atom. The third-order valence-electron chi connectivity index (χ3n) is 5.90. The summed E-state index contributed by atoms with van der Waals surface area (Å²) >= 11 is 0. The van der Waals surface area contributed by atoms with Gasteiger partial charge in [0.1, 0.15) is 11.6 Å². The van der Waals surface area contributed by atoms with Gasteiger partial charge in [-0.1, -0.05) is 24.3 Å². The van der Waals surface area contributed by atoms with Gasteiger partial charge in [-0.05, 0) is 30.2 Å². The molecule has 0 spiro atoms. The summed E-state index contributed by atoms with van der Waals surface area (Å²) in [4.78, 5) is 23.6. The lowest BCUT2D eigenvalue weighted by molar-refractivity contribution is -0.139. The normalized spacial score (nSPS) is 19.1. The highest BCUT2D eigenvalue weighted by atomic mass is 19.1. The molecule has 1 aromatic heterocycles. The quantitative estimate of drug-likeness (QED) is 0.801. The second-order valence-electron chi connectivity index (χ2n) is 7.92. The zero-order valence-electron chi connectivity index (χ0n) is 16.6. The Morgan fingerprint density at radius 1 is 1.10 bits per heavy atom. The maximum Gasteiger partial charge on any atom is 0.224 e. The highest BCUT2D eigenvalue weighted by Gasteiger charge is 2.36. The van der Waals surface area contributed by atoms with Gasteiger partial charge in [0.15, 0.2) is 0 Å². The number of hydrogen-bond donors (Lipinski definition) is 1. The zero-order valence-corrected chi connectivity index (χ0v) is 16.6. The minimum atomic E-state index is -0.361. The van der Waals surface area contributed by atoms with Gasteiger partial charge in [-0.25, -0.2) is 9.37 Å². The number of anilines is 1. The number of rotatable bonds is 6. The van der Waals surface area contributed by atoms with Crippen LogP contribution < -0.4 is 10.6 Å². The minimum Gasteiger partial charge on any atom is -0.354 e. The SMILES string of the molecule is N[C@@H](CC(=O)N1CC(N2CCN(c3ccccn3)CC2)C1)Cc1ccccc1F. The van der Waals surface area contributed by atoms with E-state index in [0.29, 0.717) is 18.0 Å². The summed E-state index contributed by atoms with van der Waals surface area (Å²) in [7, 11) is 0. The maximum atomic E-state index is 13.8. The summed E-state index contributed by atoms with van der Waals surface area (Å²) in [6.07, 6.45) is 2.47. The van der Waals surface area contributed by atoms with E-state index in [4.69, 9.17) is 5.73 Å². The van der Waals surface area contributed by atoms with E-state index in [1.54, 1.807) is 18.2 Å². The molecule has 2 aliphatic heterocycles. The first kappa shape index (κ1) is 19.8. The molecule has 0 aliphatic carbocycles. The number of nitrogens with zero attached hydrogens (tertiary/aromatic N) is 4. The van der Waals surface area contributed by atoms with Crippen LogP contribution in [0.3, 0.4) is 0 Å². The zero-order chi connectivity index (χ0) is 20.2. The van der Waals surface area contributed by atoms with Crippen LogP contribution in [0, 0.1) is 5.82 Å². The van der Waals surface area contributed by atoms with Crippen molar-refractivity contribution in [2.45, 2.75) is 24.9 Å². The lowest BCUT2D eigenvalue weighted by atomic mass is 10.0. The van der Waals surface area contributed by atoms with Crippen molar-refractivity contribution in [3.8, 4) is 0 Å². The molecule has 2 aliphatic rings. The van der Waals surface area contributed by atoms with Gasteiger partial charge in [0.2, 0.25) is 5.91 Å². The van der Waals surface area contributed by atoms with Gasteiger partial charge >= 0.3 is 0 Å². The number of likely N-dealkylation sites (tertiary alicyclic amines) is 1. The van der Waals surface area contributed by atoms with Crippen molar-refractivity contribution >= 4 is 11.7 Å². The van der Waals surface area contributed by atoms with Crippen molar-refractivity contribution in [3.05, 3.63) is 60.0 Å². The molecule has 3 heterocycles. The van der Waals surface area contributed by atoms with E-state index >= 15 is 0 Å². The Labute approximate surface area is 171 Å². The summed E-state index contributed by atoms with van der Waals surface area (Å²) in [5.41, 5.74) is 6.67. The maximum absolute atomic E-state index is 13.8. The highest BCUT2D eigenvalue weighted by Crippen LogP contribution is 2.20. The van der Waals surface area contributed by atoms with Crippen LogP contribution in [0.4, 0.5) is 10.2 Å². The number of carbonyl (C=O) groups excluding carboxylic acids is 1. The first-order chi connectivity index (χ1) is 14.1. The second-order valence-corrected chi connectivity index (χ2v) is 7.92. The number of nitrogens with two attached hydrogens (primary N) is 1. The van der Waals surface area contributed by atoms with Crippen molar-refractivity contribution in [1.29, 1.82) is 0 Å². The molecule has 29 heavy (non-hydrogen) atoms. The van der Waals surface area contributed by atoms with Crippen molar-refractivity contribution in [3.63, 3.8) is 0 Å². The topological polar surface area (TPSA) is 65.7 Å². The molecule has 0 radical (unpaired) electrons. The van der Waals surface area contributed by atoms with Gasteiger partial charge in [0.05, 0.1) is 0 Å². The molecule has 2 N–H and O–H groups in total. The smallest absolute Gasteiger partial charge is 0.224 e. The molecule has 7 heteroatoms. The van der Waals surface area contributed by atoms with E-state index in [0.717, 1.165) is 45.1 Å². The van der Waals surface area contributed by atoms with E-state index in [9.17, 15) is 9.18 Å². The third kappa shape index (κ3) is 4.74. The minimum absolute atomic E-state index is 0.0669. The van der Waals surface area contributed by atoms with Gasteiger partial charge in [-0.15, -0.1) is 0 Å². The molecule has 2 aromatic rings. The summed E-state index contributed by atoms with van der Waals surface area (Å²) in [5, 5.41) is 0. The Bertz CT molecular complexity index is 819. The summed E-state index contributed by atoms with van der Waals surface area (Å²) in [5.74, 6) is 0.836. The first-order valence-corrected chi connectivity index (χ1v) is 10.3. The number of halogens is 1. The average Bonchev–Trinajstić information content (AvgIpc) is 2.70. The third-order valence-corrected chi connectivity index (χ3v) is 5.90. The molecular formula is C22H28FN5O. The van der Waals surface area contributed by atoms with Gasteiger partial charge < -0.3 is 15.5 Å². The van der Waals surface area contributed by atoms with Crippen LogP contribution in [0.5, 0.6) is 0 Å². The molecule has 1 atom stereocenters. The van der Waals surface area contributed by atoms with Gasteiger partial charge in [0, 0.05) is 64.0 Å². The number of piperazine rings is 1. The van der Waals surface area contributed by atoms with E-state index in [1.807, 2.05) is 29.3 Å². The second kappa shape index (κ2) is 8.88. The van der Waals surface area contributed by atoms with Crippen molar-refractivity contribution in [2.24, 2.45) is 5.73 Å². The van der Waals surface area contributed by atoms with E-state index in [2.05, 4.69) is 14.8 Å². The lowest BCUT2D eigenvalue weighted by Gasteiger charge is -2.48. The van der Waals surface area contributed by atoms with Crippen molar-refractivity contribution < 1.29 is 9.18 Å². The molecule has 4 rings (SSSR count). The molecule has 0 unspecified atom stereocenters. The van der Waals surface area contributed by atoms with E-state index < -0.39 is 0 Å². The number of amides is 1. The van der Waals surface area contributed by atoms with Crippen LogP contribution in [0.1, 0.15) is 12.0 Å². The Morgan fingerprint density at radius 2 is 1.83 bits per heavy atom. The van der Waals surface area contributed by atoms with Crippen LogP contribution in [-0.4, -0.2) is 72.0 Å². The van der Waals surface area contributed by atoms with E-state index in [-0.39, 0.29) is 24.2 Å². The molecule has 6 nitrogen and oxygen atoms in total. The van der Waals surface area contributed by atoms with Crippen molar-refractivity contribution in [1.82, 2.24) is 14.8 Å². The Balaban J connectivity index is 1.19. The van der Waals surface area contributed by atoms with Gasteiger partial charge in [-0.3, -0.25) is 9.69 Å². The highest BCUT2D eigenvalue weighted by molar-refractivity contribution is 5.77. The number of pyridine rings is 1. The van der Waals surface area contributed by atoms with Gasteiger partial charge in [0.25, 0.3) is 0 Å². The molecule has 1 amide bonds. The number of carbonyl (C=O) groups is 1. The number of hydrogen-bond acceptors (Lipinski definition) is 5. The van der Waals surface area contributed by atoms with Crippen LogP contribution in [0.15, 0.2) is 48.7 Å². The van der Waals surface area contributed by atoms with Crippen LogP contribution in [-0.2, 0) is 11.2 Å². The Kier molecular flexibility index (Phi) is 6.06. The monoisotopic (exact) mass is 397 g/mol. The first-order valence-electron chi connectivity index (χ1n) is 10.3. The lowest BCUT2D eigenvalue weighted by Crippen LogP contribution is -2.64. The van der Waals surface area contributed by atoms with Crippen LogP contribution in [0.25, 0.3) is 0 Å². The van der Waals surface area contributed by atoms with Gasteiger partial charge in [-0.2, -0.15) is 0 Å². The fourth-order valence-electron chi connectivity index (χ4n) is 4.12. The average molecular weight is 397 g/mol. The molecular weight excluding hydrogens is 369 g/mol. The fourth-order valence-corrected chi connectivity index (χ4v) is 4.12. The number of aromatic nitrogens is 1. The fraction of sp³-hybridized carbons (Fsp3) is 0.455. The standard InChI is InChI=1S/C22H28FN5O/c23-20-6-2-1-5-17(20)13-18(24)14-22(29)28-15-19(16-28)26-9-11-27(12-10-26)21-7-3-4-8-25-21/h1-8,18-19H,9-16,24H2/t18-/m1/s1. The Hall–Kier alpha value is -2.51. The molecule has 2 fully saturated rings. The summed E-state index contributed by atoms with van der Waals surface area (Å²) in [6.45, 7) is 5.39. The number of benzene rings is 1. The molecule has 1 aromatic carbocycles. The van der Waals surface area contributed by atoms with Crippen LogP contribution >= 0.6 is 0 Å². The van der Waals surface area contributed by atoms with E-state index in [1.165, 1.54) is 6.07 Å². The summed E-state index contributed by atoms with van der Waals surface area (Å²) < 4.78 is 13.8. The molecule has 154 valence electrons. The molecule has 2 saturated heterocycles. The molecule has 0 bridgehead atoms. The summed E-state index contributed by atoms with van der Waals surface area (Å²) in [6, 6.07) is 12.7. The molecule has 0 saturated carbocycles. The predicted octanol–water partition coefficient (Wildman–Crippen LogP) is 1.51.